The van der Waals surface area contributed by atoms with Gasteiger partial charge in [-0.15, -0.1) is 0 Å². The zero-order valence-electron chi connectivity index (χ0n) is 23.1. The van der Waals surface area contributed by atoms with Crippen LogP contribution in [0.5, 0.6) is 23.0 Å². The molecule has 2 heterocycles. The molecule has 2 aromatic heterocycles. The van der Waals surface area contributed by atoms with Gasteiger partial charge >= 0.3 is 5.97 Å². The van der Waals surface area contributed by atoms with Crippen molar-refractivity contribution >= 4 is 39.6 Å². The zero-order chi connectivity index (χ0) is 28.2. The summed E-state index contributed by atoms with van der Waals surface area (Å²) in [6.45, 7) is 5.08. The van der Waals surface area contributed by atoms with Gasteiger partial charge in [-0.2, -0.15) is 8.75 Å². The van der Waals surface area contributed by atoms with Gasteiger partial charge in [-0.3, -0.25) is 0 Å². The number of methoxy groups -OCH3 is 3. The highest BCUT2D eigenvalue weighted by Gasteiger charge is 2.27. The van der Waals surface area contributed by atoms with Crippen LogP contribution < -0.4 is 18.9 Å². The normalized spacial score (nSPS) is 11.1. The minimum atomic E-state index is -0.435. The molecule has 0 atom stereocenters. The molecule has 0 radical (unpaired) electrons. The SMILES string of the molecule is CCCOc1ccc2c(c1)c(-c1cc(OC)c(OC)c(OC)c1)c(C(=O)OCC)n2Cc1ccc2nsnc2c1. The van der Waals surface area contributed by atoms with Gasteiger partial charge in [-0.1, -0.05) is 13.0 Å². The van der Waals surface area contributed by atoms with Crippen LogP contribution in [0.15, 0.2) is 48.5 Å². The lowest BCUT2D eigenvalue weighted by molar-refractivity contribution is 0.0516. The number of nitrogens with zero attached hydrogens (tertiary/aromatic N) is 3. The monoisotopic (exact) mass is 561 g/mol. The third-order valence-electron chi connectivity index (χ3n) is 6.59. The third-order valence-corrected chi connectivity index (χ3v) is 7.15. The van der Waals surface area contributed by atoms with E-state index in [2.05, 4.69) is 15.7 Å². The van der Waals surface area contributed by atoms with Crippen molar-refractivity contribution in [3.05, 3.63) is 59.8 Å². The van der Waals surface area contributed by atoms with Crippen molar-refractivity contribution in [3.8, 4) is 34.1 Å². The molecule has 0 amide bonds. The predicted molar refractivity (Wildman–Crippen MR) is 155 cm³/mol. The number of fused-ring (bicyclic) bond motifs is 2. The second-order valence-corrected chi connectivity index (χ2v) is 9.59. The van der Waals surface area contributed by atoms with Gasteiger partial charge in [0.15, 0.2) is 11.5 Å². The molecule has 208 valence electrons. The summed E-state index contributed by atoms with van der Waals surface area (Å²) in [4.78, 5) is 13.7. The maximum Gasteiger partial charge on any atom is 0.355 e. The summed E-state index contributed by atoms with van der Waals surface area (Å²) in [5.41, 5.74) is 5.30. The summed E-state index contributed by atoms with van der Waals surface area (Å²) >= 11 is 1.18. The summed E-state index contributed by atoms with van der Waals surface area (Å²) in [5.74, 6) is 1.70. The van der Waals surface area contributed by atoms with Gasteiger partial charge in [-0.25, -0.2) is 4.79 Å². The van der Waals surface area contributed by atoms with Crippen molar-refractivity contribution in [1.82, 2.24) is 13.3 Å². The Morgan fingerprint density at radius 1 is 0.900 bits per heavy atom. The summed E-state index contributed by atoms with van der Waals surface area (Å²) < 4.78 is 39.1. The molecule has 0 bridgehead atoms. The van der Waals surface area contributed by atoms with Crippen molar-refractivity contribution in [2.45, 2.75) is 26.8 Å². The number of aromatic nitrogens is 3. The average Bonchev–Trinajstić information content (AvgIpc) is 3.57. The molecule has 0 N–H and O–H groups in total. The standard InChI is InChI=1S/C30H31N3O6S/c1-6-12-39-20-9-11-24-21(16-20)27(19-14-25(35-3)29(37-5)26(15-19)36-4)28(30(34)38-7-2)33(24)17-18-8-10-22-23(13-18)32-40-31-22/h8-11,13-16H,6-7,12,17H2,1-5H3. The number of rotatable bonds is 11. The Labute approximate surface area is 236 Å². The average molecular weight is 562 g/mol. The maximum atomic E-state index is 13.7. The van der Waals surface area contributed by atoms with Crippen LogP contribution >= 0.6 is 11.7 Å². The summed E-state index contributed by atoms with van der Waals surface area (Å²) in [7, 11) is 4.69. The summed E-state index contributed by atoms with van der Waals surface area (Å²) in [5, 5.41) is 0.835. The van der Waals surface area contributed by atoms with Gasteiger partial charge in [0.1, 0.15) is 22.5 Å². The van der Waals surface area contributed by atoms with E-state index in [9.17, 15) is 4.79 Å². The molecular formula is C30H31N3O6S. The third kappa shape index (κ3) is 5.02. The lowest BCUT2D eigenvalue weighted by Gasteiger charge is -2.15. The Morgan fingerprint density at radius 2 is 1.65 bits per heavy atom. The molecule has 0 unspecified atom stereocenters. The summed E-state index contributed by atoms with van der Waals surface area (Å²) in [6, 6.07) is 15.5. The maximum absolute atomic E-state index is 13.7. The molecule has 10 heteroatoms. The smallest absolute Gasteiger partial charge is 0.355 e. The molecule has 0 saturated carbocycles. The van der Waals surface area contributed by atoms with Crippen LogP contribution in [0.3, 0.4) is 0 Å². The second-order valence-electron chi connectivity index (χ2n) is 9.06. The van der Waals surface area contributed by atoms with E-state index in [0.717, 1.165) is 33.9 Å². The van der Waals surface area contributed by atoms with Crippen LogP contribution in [0.4, 0.5) is 0 Å². The van der Waals surface area contributed by atoms with Crippen molar-refractivity contribution in [2.75, 3.05) is 34.5 Å². The van der Waals surface area contributed by atoms with Crippen molar-refractivity contribution in [2.24, 2.45) is 0 Å². The molecule has 0 aliphatic carbocycles. The molecule has 5 rings (SSSR count). The van der Waals surface area contributed by atoms with Crippen LogP contribution in [0.1, 0.15) is 36.3 Å². The van der Waals surface area contributed by atoms with Gasteiger partial charge in [-0.05, 0) is 66.9 Å². The number of carbonyl (C=O) groups is 1. The van der Waals surface area contributed by atoms with Gasteiger partial charge in [0.05, 0.1) is 46.3 Å². The second kappa shape index (κ2) is 11.8. The van der Waals surface area contributed by atoms with E-state index in [-0.39, 0.29) is 6.61 Å². The lowest BCUT2D eigenvalue weighted by atomic mass is 10.0. The molecule has 9 nitrogen and oxygen atoms in total. The van der Waals surface area contributed by atoms with E-state index < -0.39 is 5.97 Å². The molecule has 5 aromatic rings. The van der Waals surface area contributed by atoms with Crippen LogP contribution in [-0.4, -0.2) is 53.8 Å². The minimum Gasteiger partial charge on any atom is -0.494 e. The van der Waals surface area contributed by atoms with Gasteiger partial charge in [0.25, 0.3) is 0 Å². The molecule has 0 fully saturated rings. The van der Waals surface area contributed by atoms with E-state index in [1.807, 2.05) is 53.1 Å². The largest absolute Gasteiger partial charge is 0.494 e. The van der Waals surface area contributed by atoms with Crippen LogP contribution in [0.25, 0.3) is 33.1 Å². The Bertz CT molecular complexity index is 1650. The number of esters is 1. The predicted octanol–water partition coefficient (Wildman–Crippen LogP) is 6.35. The van der Waals surface area contributed by atoms with E-state index in [0.29, 0.717) is 53.0 Å². The fourth-order valence-corrected chi connectivity index (χ4v) is 5.36. The first kappa shape index (κ1) is 27.3. The van der Waals surface area contributed by atoms with Crippen molar-refractivity contribution in [1.29, 1.82) is 0 Å². The van der Waals surface area contributed by atoms with E-state index in [1.165, 1.54) is 11.7 Å². The van der Waals surface area contributed by atoms with Crippen molar-refractivity contribution in [3.63, 3.8) is 0 Å². The molecule has 0 spiro atoms. The van der Waals surface area contributed by atoms with Crippen LogP contribution in [-0.2, 0) is 11.3 Å². The van der Waals surface area contributed by atoms with Crippen molar-refractivity contribution < 1.29 is 28.5 Å². The highest BCUT2D eigenvalue weighted by atomic mass is 32.1. The first-order valence-electron chi connectivity index (χ1n) is 13.0. The Hall–Kier alpha value is -4.31. The molecule has 0 aliphatic rings. The highest BCUT2D eigenvalue weighted by Crippen LogP contribution is 2.45. The molecule has 0 saturated heterocycles. The van der Waals surface area contributed by atoms with E-state index in [4.69, 9.17) is 23.7 Å². The highest BCUT2D eigenvalue weighted by molar-refractivity contribution is 7.00. The topological polar surface area (TPSA) is 93.9 Å². The quantitative estimate of drug-likeness (QED) is 0.172. The summed E-state index contributed by atoms with van der Waals surface area (Å²) in [6.07, 6.45) is 0.876. The lowest BCUT2D eigenvalue weighted by Crippen LogP contribution is -2.14. The number of carbonyl (C=O) groups excluding carboxylic acids is 1. The fraction of sp³-hybridized carbons (Fsp3) is 0.300. The Balaban J connectivity index is 1.81. The molecule has 40 heavy (non-hydrogen) atoms. The zero-order valence-corrected chi connectivity index (χ0v) is 24.0. The number of ether oxygens (including phenoxy) is 5. The first-order valence-corrected chi connectivity index (χ1v) is 13.7. The number of benzene rings is 3. The van der Waals surface area contributed by atoms with Crippen LogP contribution in [0.2, 0.25) is 0 Å². The first-order chi connectivity index (χ1) is 19.5. The number of hydrogen-bond donors (Lipinski definition) is 0. The Morgan fingerprint density at radius 3 is 2.33 bits per heavy atom. The fourth-order valence-electron chi connectivity index (χ4n) is 4.85. The minimum absolute atomic E-state index is 0.233. The molecular weight excluding hydrogens is 530 g/mol. The van der Waals surface area contributed by atoms with E-state index in [1.54, 1.807) is 28.3 Å². The molecule has 0 aliphatic heterocycles. The van der Waals surface area contributed by atoms with Gasteiger partial charge in [0, 0.05) is 23.0 Å². The molecule has 3 aromatic carbocycles. The van der Waals surface area contributed by atoms with E-state index >= 15 is 0 Å². The number of hydrogen-bond acceptors (Lipinski definition) is 9. The Kier molecular flexibility index (Phi) is 8.06. The van der Waals surface area contributed by atoms with Gasteiger partial charge in [0.2, 0.25) is 5.75 Å². The van der Waals surface area contributed by atoms with Crippen LogP contribution in [0, 0.1) is 0 Å². The van der Waals surface area contributed by atoms with Gasteiger partial charge < -0.3 is 28.3 Å².